The fraction of sp³-hybridized carbons (Fsp3) is 0.357. The maximum atomic E-state index is 13.9. The lowest BCUT2D eigenvalue weighted by atomic mass is 9.89. The lowest BCUT2D eigenvalue weighted by Gasteiger charge is -2.30. The molecule has 1 aliphatic heterocycles. The van der Waals surface area contributed by atoms with E-state index in [4.69, 9.17) is 10.8 Å². The van der Waals surface area contributed by atoms with Crippen molar-refractivity contribution in [2.24, 2.45) is 5.73 Å². The molecule has 2 heterocycles. The van der Waals surface area contributed by atoms with Crippen LogP contribution in [0.15, 0.2) is 54.7 Å². The first-order valence-corrected chi connectivity index (χ1v) is 12.6. The van der Waals surface area contributed by atoms with Gasteiger partial charge in [-0.3, -0.25) is 4.79 Å². The number of aromatic nitrogens is 2. The number of likely N-dealkylation sites (tertiary alicyclic amines) is 1. The number of amides is 2. The molecule has 39 heavy (non-hydrogen) atoms. The fourth-order valence-electron chi connectivity index (χ4n) is 4.99. The average molecular weight is 542 g/mol. The van der Waals surface area contributed by atoms with E-state index in [9.17, 15) is 22.8 Å². The third-order valence-corrected chi connectivity index (χ3v) is 6.93. The van der Waals surface area contributed by atoms with Crippen molar-refractivity contribution in [1.82, 2.24) is 14.9 Å². The summed E-state index contributed by atoms with van der Waals surface area (Å²) < 4.78 is 41.8. The summed E-state index contributed by atoms with van der Waals surface area (Å²) >= 11 is 0. The van der Waals surface area contributed by atoms with E-state index in [1.54, 1.807) is 18.2 Å². The number of hydrogen-bond acceptors (Lipinski definition) is 5. The van der Waals surface area contributed by atoms with Crippen LogP contribution in [-0.4, -0.2) is 45.1 Å². The molecule has 1 unspecified atom stereocenters. The number of alkyl halides is 3. The topological polar surface area (TPSA) is 121 Å². The van der Waals surface area contributed by atoms with Crippen LogP contribution in [0, 0.1) is 6.92 Å². The molecule has 206 valence electrons. The maximum Gasteiger partial charge on any atom is 0.419 e. The molecule has 1 atom stereocenters. The van der Waals surface area contributed by atoms with Crippen molar-refractivity contribution < 1.29 is 27.9 Å². The minimum atomic E-state index is -4.71. The number of carbonyl (C=O) groups is 2. The van der Waals surface area contributed by atoms with Crippen molar-refractivity contribution in [3.05, 3.63) is 82.7 Å². The number of nitrogens with two attached hydrogens (primary N) is 1. The zero-order valence-corrected chi connectivity index (χ0v) is 21.4. The minimum Gasteiger partial charge on any atom is -0.465 e. The van der Waals surface area contributed by atoms with Crippen LogP contribution in [0.1, 0.15) is 59.0 Å². The molecule has 4 N–H and O–H groups in total. The molecule has 1 aliphatic rings. The molecule has 4 rings (SSSR count). The van der Waals surface area contributed by atoms with E-state index in [2.05, 4.69) is 15.3 Å². The molecule has 1 saturated heterocycles. The second-order valence-electron chi connectivity index (χ2n) is 9.84. The molecule has 3 aromatic rings. The Labute approximate surface area is 224 Å². The zero-order chi connectivity index (χ0) is 28.2. The fourth-order valence-corrected chi connectivity index (χ4v) is 4.99. The number of halogens is 3. The SMILES string of the molecule is Cc1cccc(CC(CC(N)=O)c2nc(Nc3ccc(C4CCN(C(=O)O)CC4)cc3)ncc2C(F)(F)F)c1. The van der Waals surface area contributed by atoms with E-state index in [-0.39, 0.29) is 30.4 Å². The summed E-state index contributed by atoms with van der Waals surface area (Å²) in [6.07, 6.45) is -3.61. The smallest absolute Gasteiger partial charge is 0.419 e. The Morgan fingerprint density at radius 3 is 2.44 bits per heavy atom. The highest BCUT2D eigenvalue weighted by molar-refractivity contribution is 5.75. The quantitative estimate of drug-likeness (QED) is 0.341. The number of primary amides is 1. The van der Waals surface area contributed by atoms with Gasteiger partial charge >= 0.3 is 12.3 Å². The van der Waals surface area contributed by atoms with Gasteiger partial charge in [0, 0.05) is 37.3 Å². The number of carbonyl (C=O) groups excluding carboxylic acids is 1. The summed E-state index contributed by atoms with van der Waals surface area (Å²) in [5.74, 6) is -1.43. The van der Waals surface area contributed by atoms with Crippen LogP contribution < -0.4 is 11.1 Å². The van der Waals surface area contributed by atoms with Crippen molar-refractivity contribution in [3.8, 4) is 0 Å². The van der Waals surface area contributed by atoms with E-state index in [1.807, 2.05) is 37.3 Å². The number of nitrogens with zero attached hydrogens (tertiary/aromatic N) is 3. The normalized spacial score (nSPS) is 15.1. The van der Waals surface area contributed by atoms with Crippen molar-refractivity contribution in [1.29, 1.82) is 0 Å². The van der Waals surface area contributed by atoms with Crippen molar-refractivity contribution in [2.75, 3.05) is 18.4 Å². The monoisotopic (exact) mass is 541 g/mol. The van der Waals surface area contributed by atoms with Crippen LogP contribution in [0.2, 0.25) is 0 Å². The molecular formula is C28H30F3N5O3. The number of nitrogens with one attached hydrogen (secondary N) is 1. The van der Waals surface area contributed by atoms with Gasteiger partial charge in [0.1, 0.15) is 0 Å². The molecule has 2 amide bonds. The number of hydrogen-bond donors (Lipinski definition) is 3. The van der Waals surface area contributed by atoms with Gasteiger partial charge in [0.05, 0.1) is 11.3 Å². The third kappa shape index (κ3) is 7.24. The van der Waals surface area contributed by atoms with Crippen LogP contribution in [-0.2, 0) is 17.4 Å². The van der Waals surface area contributed by atoms with Gasteiger partial charge in [-0.1, -0.05) is 42.0 Å². The van der Waals surface area contributed by atoms with Crippen LogP contribution in [0.25, 0.3) is 0 Å². The van der Waals surface area contributed by atoms with Gasteiger partial charge in [-0.25, -0.2) is 14.8 Å². The highest BCUT2D eigenvalue weighted by Crippen LogP contribution is 2.37. The van der Waals surface area contributed by atoms with E-state index in [0.717, 1.165) is 22.9 Å². The molecule has 0 saturated carbocycles. The Morgan fingerprint density at radius 1 is 1.15 bits per heavy atom. The van der Waals surface area contributed by atoms with E-state index >= 15 is 0 Å². The molecule has 8 nitrogen and oxygen atoms in total. The Bertz CT molecular complexity index is 1320. The Balaban J connectivity index is 1.57. The van der Waals surface area contributed by atoms with Gasteiger partial charge in [-0.15, -0.1) is 0 Å². The molecule has 0 spiro atoms. The third-order valence-electron chi connectivity index (χ3n) is 6.93. The summed E-state index contributed by atoms with van der Waals surface area (Å²) in [6.45, 7) is 2.82. The van der Waals surface area contributed by atoms with Crippen LogP contribution in [0.4, 0.5) is 29.6 Å². The standard InChI is InChI=1S/C28H30F3N5O3/c1-17-3-2-4-18(13-17)14-21(15-24(32)37)25-23(28(29,30)31)16-33-26(35-25)34-22-7-5-19(6-8-22)20-9-11-36(12-10-20)27(38)39/h2-8,13,16,20-21H,9-12,14-15H2,1H3,(H2,32,37)(H,38,39)(H,33,34,35). The summed E-state index contributed by atoms with van der Waals surface area (Å²) in [5, 5.41) is 12.1. The molecule has 0 aliphatic carbocycles. The van der Waals surface area contributed by atoms with Gasteiger partial charge in [-0.2, -0.15) is 13.2 Å². The Morgan fingerprint density at radius 2 is 1.85 bits per heavy atom. The number of piperidine rings is 1. The number of anilines is 2. The van der Waals surface area contributed by atoms with Gasteiger partial charge in [0.2, 0.25) is 11.9 Å². The predicted molar refractivity (Wildman–Crippen MR) is 140 cm³/mol. The largest absolute Gasteiger partial charge is 0.465 e. The summed E-state index contributed by atoms with van der Waals surface area (Å²) in [4.78, 5) is 32.5. The highest BCUT2D eigenvalue weighted by atomic mass is 19.4. The lowest BCUT2D eigenvalue weighted by molar-refractivity contribution is -0.139. The molecular weight excluding hydrogens is 511 g/mol. The summed E-state index contributed by atoms with van der Waals surface area (Å²) in [5.41, 5.74) is 7.48. The van der Waals surface area contributed by atoms with E-state index in [0.29, 0.717) is 31.6 Å². The van der Waals surface area contributed by atoms with Gasteiger partial charge < -0.3 is 21.1 Å². The second-order valence-corrected chi connectivity index (χ2v) is 9.84. The van der Waals surface area contributed by atoms with Gasteiger partial charge in [0.15, 0.2) is 0 Å². The van der Waals surface area contributed by atoms with Crippen LogP contribution >= 0.6 is 0 Å². The van der Waals surface area contributed by atoms with Gasteiger partial charge in [0.25, 0.3) is 0 Å². The van der Waals surface area contributed by atoms with E-state index in [1.165, 1.54) is 4.90 Å². The number of aryl methyl sites for hydroxylation is 1. The van der Waals surface area contributed by atoms with Crippen molar-refractivity contribution in [3.63, 3.8) is 0 Å². The van der Waals surface area contributed by atoms with Crippen LogP contribution in [0.3, 0.4) is 0 Å². The minimum absolute atomic E-state index is 0.0285. The van der Waals surface area contributed by atoms with Crippen LogP contribution in [0.5, 0.6) is 0 Å². The Hall–Kier alpha value is -4.15. The molecule has 1 aromatic heterocycles. The Kier molecular flexibility index (Phi) is 8.37. The predicted octanol–water partition coefficient (Wildman–Crippen LogP) is 5.61. The molecule has 11 heteroatoms. The first-order chi connectivity index (χ1) is 18.5. The average Bonchev–Trinajstić information content (AvgIpc) is 2.88. The second kappa shape index (κ2) is 11.7. The molecule has 0 radical (unpaired) electrons. The first-order valence-electron chi connectivity index (χ1n) is 12.6. The van der Waals surface area contributed by atoms with Crippen molar-refractivity contribution >= 4 is 23.6 Å². The molecule has 1 fully saturated rings. The zero-order valence-electron chi connectivity index (χ0n) is 21.4. The summed E-state index contributed by atoms with van der Waals surface area (Å²) in [7, 11) is 0. The molecule has 2 aromatic carbocycles. The van der Waals surface area contributed by atoms with Crippen molar-refractivity contribution in [2.45, 2.75) is 50.6 Å². The first kappa shape index (κ1) is 27.9. The number of carboxylic acid groups (broad SMARTS) is 1. The number of rotatable bonds is 8. The van der Waals surface area contributed by atoms with E-state index < -0.39 is 29.7 Å². The number of benzene rings is 2. The maximum absolute atomic E-state index is 13.9. The highest BCUT2D eigenvalue weighted by Gasteiger charge is 2.37. The lowest BCUT2D eigenvalue weighted by Crippen LogP contribution is -2.36. The summed E-state index contributed by atoms with van der Waals surface area (Å²) in [6, 6.07) is 14.7. The molecule has 0 bridgehead atoms. The van der Waals surface area contributed by atoms with Gasteiger partial charge in [-0.05, 0) is 55.4 Å².